The van der Waals surface area contributed by atoms with Crippen LogP contribution >= 0.6 is 0 Å². The average Bonchev–Trinajstić information content (AvgIpc) is 2.39. The zero-order valence-corrected chi connectivity index (χ0v) is 11.4. The topological polar surface area (TPSA) is 61.0 Å². The van der Waals surface area contributed by atoms with Gasteiger partial charge >= 0.3 is 0 Å². The summed E-state index contributed by atoms with van der Waals surface area (Å²) in [7, 11) is 1.66. The summed E-state index contributed by atoms with van der Waals surface area (Å²) >= 11 is 0. The van der Waals surface area contributed by atoms with Crippen LogP contribution in [-0.4, -0.2) is 17.1 Å². The summed E-state index contributed by atoms with van der Waals surface area (Å²) in [5.41, 5.74) is 7.98. The van der Waals surface area contributed by atoms with E-state index in [2.05, 4.69) is 16.9 Å². The summed E-state index contributed by atoms with van der Waals surface area (Å²) in [6.07, 6.45) is 2.67. The minimum Gasteiger partial charge on any atom is -0.497 e. The third kappa shape index (κ3) is 3.68. The van der Waals surface area contributed by atoms with Gasteiger partial charge in [0.05, 0.1) is 7.11 Å². The molecule has 2 N–H and O–H groups in total. The molecular formula is C15H19N3O. The molecule has 0 saturated heterocycles. The van der Waals surface area contributed by atoms with Crippen LogP contribution in [0.5, 0.6) is 5.75 Å². The SMILES string of the molecule is CCCc1cc(N)nc(Cc2ccc(OC)cc2)n1. The second kappa shape index (κ2) is 6.18. The summed E-state index contributed by atoms with van der Waals surface area (Å²) in [5, 5.41) is 0. The number of ether oxygens (including phenoxy) is 1. The molecule has 0 amide bonds. The Bertz CT molecular complexity index is 538. The minimum absolute atomic E-state index is 0.543. The van der Waals surface area contributed by atoms with Crippen LogP contribution in [0.1, 0.15) is 30.4 Å². The van der Waals surface area contributed by atoms with Gasteiger partial charge in [-0.25, -0.2) is 9.97 Å². The quantitative estimate of drug-likeness (QED) is 0.894. The van der Waals surface area contributed by atoms with E-state index in [0.717, 1.165) is 35.7 Å². The van der Waals surface area contributed by atoms with Gasteiger partial charge in [0.15, 0.2) is 0 Å². The van der Waals surface area contributed by atoms with Gasteiger partial charge in [-0.15, -0.1) is 0 Å². The first-order valence-corrected chi connectivity index (χ1v) is 6.46. The smallest absolute Gasteiger partial charge is 0.135 e. The van der Waals surface area contributed by atoms with E-state index in [4.69, 9.17) is 10.5 Å². The normalized spacial score (nSPS) is 10.4. The van der Waals surface area contributed by atoms with Crippen molar-refractivity contribution in [2.24, 2.45) is 0 Å². The van der Waals surface area contributed by atoms with Gasteiger partial charge in [0.1, 0.15) is 17.4 Å². The van der Waals surface area contributed by atoms with Crippen LogP contribution in [0.2, 0.25) is 0 Å². The second-order valence-electron chi connectivity index (χ2n) is 4.48. The highest BCUT2D eigenvalue weighted by Crippen LogP contribution is 2.14. The van der Waals surface area contributed by atoms with Gasteiger partial charge in [0.2, 0.25) is 0 Å². The third-order valence-electron chi connectivity index (χ3n) is 2.87. The van der Waals surface area contributed by atoms with Gasteiger partial charge in [0, 0.05) is 18.2 Å². The fourth-order valence-corrected chi connectivity index (χ4v) is 1.96. The molecule has 0 saturated carbocycles. The molecule has 19 heavy (non-hydrogen) atoms. The predicted octanol–water partition coefficient (Wildman–Crippen LogP) is 2.61. The first-order valence-electron chi connectivity index (χ1n) is 6.46. The second-order valence-corrected chi connectivity index (χ2v) is 4.48. The zero-order chi connectivity index (χ0) is 13.7. The summed E-state index contributed by atoms with van der Waals surface area (Å²) in [5.74, 6) is 2.17. The monoisotopic (exact) mass is 257 g/mol. The van der Waals surface area contributed by atoms with Crippen LogP contribution in [0.4, 0.5) is 5.82 Å². The van der Waals surface area contributed by atoms with E-state index in [1.807, 2.05) is 30.3 Å². The number of anilines is 1. The third-order valence-corrected chi connectivity index (χ3v) is 2.87. The highest BCUT2D eigenvalue weighted by atomic mass is 16.5. The molecule has 0 aliphatic carbocycles. The number of aromatic nitrogens is 2. The number of nitrogen functional groups attached to an aromatic ring is 1. The van der Waals surface area contributed by atoms with Crippen LogP contribution in [0.15, 0.2) is 30.3 Å². The Labute approximate surface area is 113 Å². The van der Waals surface area contributed by atoms with Gasteiger partial charge in [-0.1, -0.05) is 25.5 Å². The maximum absolute atomic E-state index is 5.82. The maximum Gasteiger partial charge on any atom is 0.135 e. The standard InChI is InChI=1S/C15H19N3O/c1-3-4-12-10-14(16)18-15(17-12)9-11-5-7-13(19-2)8-6-11/h5-8,10H,3-4,9H2,1-2H3,(H2,16,17,18). The van der Waals surface area contributed by atoms with Crippen molar-refractivity contribution in [1.82, 2.24) is 9.97 Å². The van der Waals surface area contributed by atoms with E-state index < -0.39 is 0 Å². The van der Waals surface area contributed by atoms with E-state index >= 15 is 0 Å². The van der Waals surface area contributed by atoms with Crippen LogP contribution in [-0.2, 0) is 12.8 Å². The minimum atomic E-state index is 0.543. The van der Waals surface area contributed by atoms with Gasteiger partial charge < -0.3 is 10.5 Å². The summed E-state index contributed by atoms with van der Waals surface area (Å²) in [6.45, 7) is 2.13. The molecule has 0 radical (unpaired) electrons. The zero-order valence-electron chi connectivity index (χ0n) is 11.4. The number of methoxy groups -OCH3 is 1. The van der Waals surface area contributed by atoms with E-state index in [1.165, 1.54) is 0 Å². The Morgan fingerprint density at radius 2 is 1.89 bits per heavy atom. The predicted molar refractivity (Wildman–Crippen MR) is 76.2 cm³/mol. The molecule has 0 bridgehead atoms. The van der Waals surface area contributed by atoms with Gasteiger partial charge in [0.25, 0.3) is 0 Å². The van der Waals surface area contributed by atoms with Crippen molar-refractivity contribution < 1.29 is 4.74 Å². The van der Waals surface area contributed by atoms with Crippen molar-refractivity contribution in [3.63, 3.8) is 0 Å². The van der Waals surface area contributed by atoms with Gasteiger partial charge in [-0.05, 0) is 24.1 Å². The molecule has 100 valence electrons. The fourth-order valence-electron chi connectivity index (χ4n) is 1.96. The molecule has 1 aromatic carbocycles. The summed E-state index contributed by atoms with van der Waals surface area (Å²) in [4.78, 5) is 8.83. The van der Waals surface area contributed by atoms with E-state index in [1.54, 1.807) is 7.11 Å². The van der Waals surface area contributed by atoms with E-state index in [0.29, 0.717) is 12.2 Å². The molecule has 1 heterocycles. The highest BCUT2D eigenvalue weighted by Gasteiger charge is 2.04. The van der Waals surface area contributed by atoms with E-state index in [9.17, 15) is 0 Å². The molecule has 4 heteroatoms. The number of aryl methyl sites for hydroxylation is 1. The number of hydrogen-bond acceptors (Lipinski definition) is 4. The largest absolute Gasteiger partial charge is 0.497 e. The molecule has 2 rings (SSSR count). The molecule has 0 aliphatic heterocycles. The lowest BCUT2D eigenvalue weighted by Crippen LogP contribution is -2.04. The number of nitrogens with zero attached hydrogens (tertiary/aromatic N) is 2. The Hall–Kier alpha value is -2.10. The van der Waals surface area contributed by atoms with Gasteiger partial charge in [-0.2, -0.15) is 0 Å². The van der Waals surface area contributed by atoms with Crippen LogP contribution in [0.3, 0.4) is 0 Å². The molecule has 0 fully saturated rings. The Balaban J connectivity index is 2.17. The lowest BCUT2D eigenvalue weighted by Gasteiger charge is -2.06. The molecular weight excluding hydrogens is 238 g/mol. The number of hydrogen-bond donors (Lipinski definition) is 1. The van der Waals surface area contributed by atoms with Crippen LogP contribution in [0, 0.1) is 0 Å². The van der Waals surface area contributed by atoms with Crippen molar-refractivity contribution >= 4 is 5.82 Å². The Morgan fingerprint density at radius 3 is 2.53 bits per heavy atom. The summed E-state index contributed by atoms with van der Waals surface area (Å²) in [6, 6.07) is 9.76. The van der Waals surface area contributed by atoms with Crippen molar-refractivity contribution in [3.8, 4) is 5.75 Å². The molecule has 0 unspecified atom stereocenters. The lowest BCUT2D eigenvalue weighted by molar-refractivity contribution is 0.414. The molecule has 4 nitrogen and oxygen atoms in total. The molecule has 0 spiro atoms. The maximum atomic E-state index is 5.82. The first-order chi connectivity index (χ1) is 9.21. The Kier molecular flexibility index (Phi) is 4.34. The van der Waals surface area contributed by atoms with E-state index in [-0.39, 0.29) is 0 Å². The highest BCUT2D eigenvalue weighted by molar-refractivity contribution is 5.33. The molecule has 2 aromatic rings. The first kappa shape index (κ1) is 13.3. The van der Waals surface area contributed by atoms with Crippen molar-refractivity contribution in [2.75, 3.05) is 12.8 Å². The summed E-state index contributed by atoms with van der Waals surface area (Å²) < 4.78 is 5.14. The Morgan fingerprint density at radius 1 is 1.16 bits per heavy atom. The average molecular weight is 257 g/mol. The molecule has 0 atom stereocenters. The van der Waals surface area contributed by atoms with Crippen LogP contribution in [0.25, 0.3) is 0 Å². The van der Waals surface area contributed by atoms with Crippen molar-refractivity contribution in [1.29, 1.82) is 0 Å². The molecule has 1 aromatic heterocycles. The number of rotatable bonds is 5. The van der Waals surface area contributed by atoms with Crippen molar-refractivity contribution in [2.45, 2.75) is 26.2 Å². The van der Waals surface area contributed by atoms with Crippen LogP contribution < -0.4 is 10.5 Å². The number of benzene rings is 1. The lowest BCUT2D eigenvalue weighted by atomic mass is 10.1. The molecule has 0 aliphatic rings. The van der Waals surface area contributed by atoms with Crippen molar-refractivity contribution in [3.05, 3.63) is 47.4 Å². The fraction of sp³-hybridized carbons (Fsp3) is 0.333. The number of nitrogens with two attached hydrogens (primary N) is 1. The van der Waals surface area contributed by atoms with Gasteiger partial charge in [-0.3, -0.25) is 0 Å².